The zero-order chi connectivity index (χ0) is 19.7. The van der Waals surface area contributed by atoms with Crippen LogP contribution in [0.3, 0.4) is 0 Å². The molecule has 0 bridgehead atoms. The minimum Gasteiger partial charge on any atom is -0.492 e. The van der Waals surface area contributed by atoms with Gasteiger partial charge in [-0.1, -0.05) is 6.07 Å². The molecule has 0 saturated heterocycles. The lowest BCUT2D eigenvalue weighted by molar-refractivity contribution is 0.343. The monoisotopic (exact) mass is 414 g/mol. The van der Waals surface area contributed by atoms with Gasteiger partial charge in [0.15, 0.2) is 0 Å². The first-order valence-electron chi connectivity index (χ1n) is 8.61. The fourth-order valence-electron chi connectivity index (χ4n) is 2.93. The zero-order valence-electron chi connectivity index (χ0n) is 15.3. The molecule has 0 spiro atoms. The predicted octanol–water partition coefficient (Wildman–Crippen LogP) is 3.90. The average Bonchev–Trinajstić information content (AvgIpc) is 3.32. The molecule has 28 heavy (non-hydrogen) atoms. The van der Waals surface area contributed by atoms with Gasteiger partial charge >= 0.3 is 0 Å². The first-order valence-corrected chi connectivity index (χ1v) is 11.0. The Bertz CT molecular complexity index is 1230. The second-order valence-corrected chi connectivity index (χ2v) is 8.61. The third kappa shape index (κ3) is 3.34. The number of anilines is 1. The van der Waals surface area contributed by atoms with Crippen LogP contribution in [-0.2, 0) is 17.1 Å². The van der Waals surface area contributed by atoms with Crippen molar-refractivity contribution in [1.29, 1.82) is 0 Å². The van der Waals surface area contributed by atoms with E-state index >= 15 is 0 Å². The van der Waals surface area contributed by atoms with Crippen LogP contribution in [0, 0.1) is 0 Å². The molecule has 0 unspecified atom stereocenters. The van der Waals surface area contributed by atoms with Crippen LogP contribution in [0.5, 0.6) is 5.75 Å². The molecule has 3 aromatic heterocycles. The maximum absolute atomic E-state index is 13.1. The number of aryl methyl sites for hydroxylation is 1. The van der Waals surface area contributed by atoms with Crippen molar-refractivity contribution >= 4 is 38.1 Å². The third-order valence-corrected chi connectivity index (χ3v) is 6.48. The Morgan fingerprint density at radius 3 is 2.82 bits per heavy atom. The number of ether oxygens (including phenoxy) is 1. The summed E-state index contributed by atoms with van der Waals surface area (Å²) in [5, 5.41) is 6.85. The molecule has 0 aliphatic carbocycles. The molecule has 0 aliphatic rings. The van der Waals surface area contributed by atoms with Crippen LogP contribution in [0.1, 0.15) is 6.92 Å². The molecule has 0 radical (unpaired) electrons. The summed E-state index contributed by atoms with van der Waals surface area (Å²) in [5.41, 5.74) is 1.23. The second-order valence-electron chi connectivity index (χ2n) is 6.02. The van der Waals surface area contributed by atoms with Gasteiger partial charge in [0.25, 0.3) is 10.0 Å². The van der Waals surface area contributed by atoms with E-state index in [-0.39, 0.29) is 4.90 Å². The first kappa shape index (κ1) is 18.5. The summed E-state index contributed by atoms with van der Waals surface area (Å²) in [6, 6.07) is 12.2. The van der Waals surface area contributed by atoms with Gasteiger partial charge in [-0.25, -0.2) is 8.42 Å². The summed E-state index contributed by atoms with van der Waals surface area (Å²) in [6.07, 6.45) is 1.61. The fraction of sp³-hybridized carbons (Fsp3) is 0.158. The normalized spacial score (nSPS) is 11.6. The molecule has 0 atom stereocenters. The Labute approximate surface area is 166 Å². The van der Waals surface area contributed by atoms with E-state index < -0.39 is 10.0 Å². The van der Waals surface area contributed by atoms with E-state index in [2.05, 4.69) is 14.8 Å². The van der Waals surface area contributed by atoms with Gasteiger partial charge in [0.05, 0.1) is 16.4 Å². The van der Waals surface area contributed by atoms with Crippen molar-refractivity contribution in [1.82, 2.24) is 14.8 Å². The van der Waals surface area contributed by atoms with Gasteiger partial charge in [0, 0.05) is 24.7 Å². The van der Waals surface area contributed by atoms with Crippen molar-refractivity contribution in [2.24, 2.45) is 7.05 Å². The number of nitrogens with one attached hydrogen (secondary N) is 1. The number of pyridine rings is 1. The van der Waals surface area contributed by atoms with Crippen LogP contribution in [0.4, 0.5) is 5.82 Å². The van der Waals surface area contributed by atoms with Crippen LogP contribution in [0.15, 0.2) is 58.9 Å². The highest BCUT2D eigenvalue weighted by atomic mass is 32.2. The molecule has 0 aliphatic heterocycles. The molecule has 0 fully saturated rings. The lowest BCUT2D eigenvalue weighted by Crippen LogP contribution is -2.16. The molecule has 7 nitrogen and oxygen atoms in total. The van der Waals surface area contributed by atoms with Crippen LogP contribution in [-0.4, -0.2) is 29.8 Å². The Morgan fingerprint density at radius 2 is 2.07 bits per heavy atom. The van der Waals surface area contributed by atoms with Gasteiger partial charge in [0.2, 0.25) is 0 Å². The molecule has 1 aromatic carbocycles. The van der Waals surface area contributed by atoms with Gasteiger partial charge in [-0.05, 0) is 42.6 Å². The van der Waals surface area contributed by atoms with Crippen LogP contribution in [0.2, 0.25) is 0 Å². The number of fused-ring (bicyclic) bond motifs is 1. The second kappa shape index (κ2) is 7.25. The van der Waals surface area contributed by atoms with E-state index in [0.717, 1.165) is 4.88 Å². The fourth-order valence-corrected chi connectivity index (χ4v) is 4.89. The third-order valence-electron chi connectivity index (χ3n) is 4.17. The van der Waals surface area contributed by atoms with E-state index in [1.54, 1.807) is 48.8 Å². The quantitative estimate of drug-likeness (QED) is 0.517. The van der Waals surface area contributed by atoms with Gasteiger partial charge in [0.1, 0.15) is 22.8 Å². The molecule has 144 valence electrons. The van der Waals surface area contributed by atoms with Crippen LogP contribution in [0.25, 0.3) is 21.5 Å². The number of rotatable bonds is 6. The minimum atomic E-state index is -3.85. The summed E-state index contributed by atoms with van der Waals surface area (Å²) in [4.78, 5) is 5.41. The van der Waals surface area contributed by atoms with Crippen LogP contribution >= 0.6 is 11.3 Å². The maximum Gasteiger partial charge on any atom is 0.263 e. The molecular formula is C19H18N4O3S2. The van der Waals surface area contributed by atoms with Crippen molar-refractivity contribution in [2.45, 2.75) is 11.8 Å². The lowest BCUT2D eigenvalue weighted by Gasteiger charge is -2.12. The summed E-state index contributed by atoms with van der Waals surface area (Å²) in [5.74, 6) is 0.937. The van der Waals surface area contributed by atoms with E-state index in [1.807, 2.05) is 24.4 Å². The van der Waals surface area contributed by atoms with E-state index in [0.29, 0.717) is 34.8 Å². The predicted molar refractivity (Wildman–Crippen MR) is 110 cm³/mol. The van der Waals surface area contributed by atoms with Crippen molar-refractivity contribution in [3.63, 3.8) is 0 Å². The SMILES string of the molecule is CCOc1ccc(S(=O)(=O)Nc2cc(-c3cccs3)nn2C)c2cccnc12. The standard InChI is InChI=1S/C19H18N4O3S2/c1-3-26-15-8-9-17(13-6-4-10-20-19(13)15)28(24,25)22-18-12-14(21-23(18)2)16-7-5-11-27-16/h4-12,22H,3H2,1-2H3. The summed E-state index contributed by atoms with van der Waals surface area (Å²) in [6.45, 7) is 2.34. The topological polar surface area (TPSA) is 86.1 Å². The molecule has 4 aromatic rings. The van der Waals surface area contributed by atoms with Gasteiger partial charge in [-0.15, -0.1) is 11.3 Å². The average molecular weight is 415 g/mol. The number of nitrogens with zero attached hydrogens (tertiary/aromatic N) is 3. The van der Waals surface area contributed by atoms with Gasteiger partial charge < -0.3 is 4.74 Å². The van der Waals surface area contributed by atoms with Crippen molar-refractivity contribution in [3.8, 4) is 16.3 Å². The zero-order valence-corrected chi connectivity index (χ0v) is 16.9. The highest BCUT2D eigenvalue weighted by molar-refractivity contribution is 7.93. The van der Waals surface area contributed by atoms with Crippen LogP contribution < -0.4 is 9.46 Å². The Hall–Kier alpha value is -2.91. The molecule has 3 heterocycles. The number of benzene rings is 1. The van der Waals surface area contributed by atoms with Crippen molar-refractivity contribution in [3.05, 3.63) is 54.0 Å². The number of sulfonamides is 1. The van der Waals surface area contributed by atoms with Crippen molar-refractivity contribution < 1.29 is 13.2 Å². The lowest BCUT2D eigenvalue weighted by atomic mass is 10.2. The number of aromatic nitrogens is 3. The summed E-state index contributed by atoms with van der Waals surface area (Å²) < 4.78 is 36.0. The van der Waals surface area contributed by atoms with Crippen molar-refractivity contribution in [2.75, 3.05) is 11.3 Å². The number of hydrogen-bond acceptors (Lipinski definition) is 6. The summed E-state index contributed by atoms with van der Waals surface area (Å²) >= 11 is 1.55. The highest BCUT2D eigenvalue weighted by Gasteiger charge is 2.22. The van der Waals surface area contributed by atoms with Gasteiger partial charge in [-0.3, -0.25) is 14.4 Å². The highest BCUT2D eigenvalue weighted by Crippen LogP contribution is 2.31. The molecular weight excluding hydrogens is 396 g/mol. The van der Waals surface area contributed by atoms with E-state index in [1.165, 1.54) is 10.7 Å². The Kier molecular flexibility index (Phi) is 4.78. The Morgan fingerprint density at radius 1 is 1.21 bits per heavy atom. The van der Waals surface area contributed by atoms with E-state index in [4.69, 9.17) is 4.74 Å². The smallest absolute Gasteiger partial charge is 0.263 e. The number of thiophene rings is 1. The molecule has 4 rings (SSSR count). The molecule has 1 N–H and O–H groups in total. The van der Waals surface area contributed by atoms with Gasteiger partial charge in [-0.2, -0.15) is 5.10 Å². The largest absolute Gasteiger partial charge is 0.492 e. The van der Waals surface area contributed by atoms with E-state index in [9.17, 15) is 8.42 Å². The molecule has 0 saturated carbocycles. The Balaban J connectivity index is 1.75. The minimum absolute atomic E-state index is 0.137. The molecule has 0 amide bonds. The maximum atomic E-state index is 13.1. The molecule has 9 heteroatoms. The first-order chi connectivity index (χ1) is 13.5. The summed E-state index contributed by atoms with van der Waals surface area (Å²) in [7, 11) is -2.15. The number of hydrogen-bond donors (Lipinski definition) is 1.